The largest absolute Gasteiger partial charge is 0.356 e. The Morgan fingerprint density at radius 1 is 1.11 bits per heavy atom. The number of ether oxygens (including phenoxy) is 2. The summed E-state index contributed by atoms with van der Waals surface area (Å²) in [6.07, 6.45) is 0.452. The van der Waals surface area contributed by atoms with E-state index in [9.17, 15) is 0 Å². The van der Waals surface area contributed by atoms with Gasteiger partial charge in [0, 0.05) is 31.1 Å². The summed E-state index contributed by atoms with van der Waals surface area (Å²) in [6.45, 7) is 4.18. The summed E-state index contributed by atoms with van der Waals surface area (Å²) in [4.78, 5) is 5.92. The maximum Gasteiger partial charge on any atom is 0.162 e. The van der Waals surface area contributed by atoms with Gasteiger partial charge in [-0.2, -0.15) is 0 Å². The molecule has 0 saturated heterocycles. The molecule has 0 atom stereocenters. The lowest BCUT2D eigenvalue weighted by atomic mass is 10.2. The lowest BCUT2D eigenvalue weighted by Crippen LogP contribution is -2.16. The van der Waals surface area contributed by atoms with Gasteiger partial charge >= 0.3 is 0 Å². The molecule has 0 aliphatic heterocycles. The van der Waals surface area contributed by atoms with Crippen LogP contribution < -0.4 is 0 Å². The number of hydrogen-bond acceptors (Lipinski definition) is 4. The molecule has 4 heteroatoms. The molecule has 0 unspecified atom stereocenters. The first-order valence-electron chi connectivity index (χ1n) is 6.23. The van der Waals surface area contributed by atoms with Crippen molar-refractivity contribution in [3.8, 4) is 10.6 Å². The van der Waals surface area contributed by atoms with Gasteiger partial charge in [0.05, 0.1) is 5.69 Å². The van der Waals surface area contributed by atoms with Crippen molar-refractivity contribution in [1.29, 1.82) is 0 Å². The molecule has 0 saturated carbocycles. The van der Waals surface area contributed by atoms with Crippen molar-refractivity contribution in [3.05, 3.63) is 40.4 Å². The Morgan fingerprint density at radius 3 is 2.32 bits per heavy atom. The van der Waals surface area contributed by atoms with Gasteiger partial charge in [-0.25, -0.2) is 4.98 Å². The van der Waals surface area contributed by atoms with Crippen LogP contribution in [0.15, 0.2) is 24.3 Å². The van der Waals surface area contributed by atoms with Crippen LogP contribution in [0.1, 0.15) is 16.1 Å². The van der Waals surface area contributed by atoms with Crippen molar-refractivity contribution in [2.45, 2.75) is 26.6 Å². The zero-order valence-corrected chi connectivity index (χ0v) is 12.6. The van der Waals surface area contributed by atoms with E-state index in [4.69, 9.17) is 14.5 Å². The predicted molar refractivity (Wildman–Crippen MR) is 78.5 cm³/mol. The molecule has 102 valence electrons. The van der Waals surface area contributed by atoms with Crippen molar-refractivity contribution < 1.29 is 9.47 Å². The molecular formula is C15H19NO2S. The highest BCUT2D eigenvalue weighted by Gasteiger charge is 2.14. The molecule has 0 amide bonds. The highest BCUT2D eigenvalue weighted by atomic mass is 32.1. The standard InChI is InChI=1S/C15H19NO2S/c1-10-5-7-12(8-6-10)15-16-13(11(2)19-15)9-14(17-3)18-4/h5-8,14H,9H2,1-4H3. The van der Waals surface area contributed by atoms with Crippen molar-refractivity contribution in [2.24, 2.45) is 0 Å². The average Bonchev–Trinajstić information content (AvgIpc) is 2.78. The van der Waals surface area contributed by atoms with E-state index in [0.29, 0.717) is 6.42 Å². The Labute approximate surface area is 118 Å². The Bertz CT molecular complexity index is 530. The minimum atomic E-state index is -0.230. The highest BCUT2D eigenvalue weighted by Crippen LogP contribution is 2.28. The summed E-state index contributed by atoms with van der Waals surface area (Å²) in [5.41, 5.74) is 3.47. The molecule has 19 heavy (non-hydrogen) atoms. The number of hydrogen-bond donors (Lipinski definition) is 0. The molecule has 1 aromatic carbocycles. The molecule has 0 aliphatic rings. The van der Waals surface area contributed by atoms with Gasteiger partial charge in [-0.3, -0.25) is 0 Å². The van der Waals surface area contributed by atoms with Crippen molar-refractivity contribution in [2.75, 3.05) is 14.2 Å². The van der Waals surface area contributed by atoms with Crippen LogP contribution in [-0.4, -0.2) is 25.5 Å². The topological polar surface area (TPSA) is 31.4 Å². The monoisotopic (exact) mass is 277 g/mol. The third kappa shape index (κ3) is 3.41. The minimum Gasteiger partial charge on any atom is -0.356 e. The van der Waals surface area contributed by atoms with E-state index in [1.54, 1.807) is 25.6 Å². The van der Waals surface area contributed by atoms with Gasteiger partial charge in [-0.1, -0.05) is 29.8 Å². The number of methoxy groups -OCH3 is 2. The van der Waals surface area contributed by atoms with E-state index < -0.39 is 0 Å². The summed E-state index contributed by atoms with van der Waals surface area (Å²) in [5.74, 6) is 0. The SMILES string of the molecule is COC(Cc1nc(-c2ccc(C)cc2)sc1C)OC. The summed E-state index contributed by atoms with van der Waals surface area (Å²) in [7, 11) is 3.30. The van der Waals surface area contributed by atoms with Crippen LogP contribution in [0.5, 0.6) is 0 Å². The van der Waals surface area contributed by atoms with Crippen LogP contribution in [-0.2, 0) is 15.9 Å². The van der Waals surface area contributed by atoms with E-state index >= 15 is 0 Å². The smallest absolute Gasteiger partial charge is 0.162 e. The number of rotatable bonds is 5. The molecule has 0 radical (unpaired) electrons. The van der Waals surface area contributed by atoms with E-state index in [1.165, 1.54) is 10.4 Å². The van der Waals surface area contributed by atoms with Gasteiger partial charge in [-0.15, -0.1) is 11.3 Å². The molecule has 3 nitrogen and oxygen atoms in total. The number of thiazole rings is 1. The summed E-state index contributed by atoms with van der Waals surface area (Å²) >= 11 is 1.71. The fourth-order valence-corrected chi connectivity index (χ4v) is 2.80. The molecule has 1 aromatic heterocycles. The van der Waals surface area contributed by atoms with Gasteiger partial charge in [0.25, 0.3) is 0 Å². The number of aromatic nitrogens is 1. The predicted octanol–water partition coefficient (Wildman–Crippen LogP) is 3.59. The molecule has 1 heterocycles. The second-order valence-electron chi connectivity index (χ2n) is 4.49. The minimum absolute atomic E-state index is 0.230. The van der Waals surface area contributed by atoms with Gasteiger partial charge < -0.3 is 9.47 Å². The molecule has 0 spiro atoms. The molecular weight excluding hydrogens is 258 g/mol. The van der Waals surface area contributed by atoms with Crippen LogP contribution in [0.2, 0.25) is 0 Å². The van der Waals surface area contributed by atoms with Crippen LogP contribution in [0.3, 0.4) is 0 Å². The summed E-state index contributed by atoms with van der Waals surface area (Å²) in [6, 6.07) is 8.45. The van der Waals surface area contributed by atoms with E-state index in [0.717, 1.165) is 16.3 Å². The van der Waals surface area contributed by atoms with Crippen LogP contribution in [0, 0.1) is 13.8 Å². The van der Waals surface area contributed by atoms with Crippen molar-refractivity contribution in [1.82, 2.24) is 4.98 Å². The number of benzene rings is 1. The van der Waals surface area contributed by atoms with E-state index in [1.807, 2.05) is 0 Å². The number of nitrogens with zero attached hydrogens (tertiary/aromatic N) is 1. The molecule has 0 N–H and O–H groups in total. The first-order valence-corrected chi connectivity index (χ1v) is 7.04. The van der Waals surface area contributed by atoms with E-state index in [-0.39, 0.29) is 6.29 Å². The Hall–Kier alpha value is -1.23. The van der Waals surface area contributed by atoms with Gasteiger partial charge in [0.1, 0.15) is 5.01 Å². The first-order chi connectivity index (χ1) is 9.13. The zero-order chi connectivity index (χ0) is 13.8. The Morgan fingerprint density at radius 2 is 1.74 bits per heavy atom. The van der Waals surface area contributed by atoms with Crippen LogP contribution in [0.4, 0.5) is 0 Å². The van der Waals surface area contributed by atoms with Gasteiger partial charge in [0.2, 0.25) is 0 Å². The first kappa shape index (κ1) is 14.2. The molecule has 0 fully saturated rings. The Balaban J connectivity index is 2.23. The van der Waals surface area contributed by atoms with Crippen molar-refractivity contribution >= 4 is 11.3 Å². The molecule has 0 bridgehead atoms. The maximum atomic E-state index is 5.23. The van der Waals surface area contributed by atoms with Crippen LogP contribution in [0.25, 0.3) is 10.6 Å². The lowest BCUT2D eigenvalue weighted by Gasteiger charge is -2.11. The summed E-state index contributed by atoms with van der Waals surface area (Å²) < 4.78 is 10.5. The molecule has 2 aromatic rings. The van der Waals surface area contributed by atoms with E-state index in [2.05, 4.69) is 38.1 Å². The molecule has 0 aliphatic carbocycles. The normalized spacial score (nSPS) is 11.2. The third-order valence-corrected chi connectivity index (χ3v) is 4.14. The summed E-state index contributed by atoms with van der Waals surface area (Å²) in [5, 5.41) is 1.05. The highest BCUT2D eigenvalue weighted by molar-refractivity contribution is 7.15. The van der Waals surface area contributed by atoms with Gasteiger partial charge in [-0.05, 0) is 13.8 Å². The fourth-order valence-electron chi connectivity index (χ4n) is 1.86. The van der Waals surface area contributed by atoms with Gasteiger partial charge in [0.15, 0.2) is 6.29 Å². The number of aryl methyl sites for hydroxylation is 2. The quantitative estimate of drug-likeness (QED) is 0.783. The zero-order valence-electron chi connectivity index (χ0n) is 11.8. The fraction of sp³-hybridized carbons (Fsp3) is 0.400. The Kier molecular flexibility index (Phi) is 4.69. The lowest BCUT2D eigenvalue weighted by molar-refractivity contribution is -0.101. The second-order valence-corrected chi connectivity index (χ2v) is 5.70. The second kappa shape index (κ2) is 6.28. The van der Waals surface area contributed by atoms with Crippen LogP contribution >= 0.6 is 11.3 Å². The van der Waals surface area contributed by atoms with Crippen molar-refractivity contribution in [3.63, 3.8) is 0 Å². The average molecular weight is 277 g/mol. The molecule has 2 rings (SSSR count). The maximum absolute atomic E-state index is 5.23. The third-order valence-electron chi connectivity index (χ3n) is 3.08.